The van der Waals surface area contributed by atoms with E-state index in [2.05, 4.69) is 5.32 Å². The van der Waals surface area contributed by atoms with Crippen molar-refractivity contribution in [3.8, 4) is 0 Å². The highest BCUT2D eigenvalue weighted by atomic mass is 32.2. The number of likely N-dealkylation sites (tertiary alicyclic amines) is 1. The summed E-state index contributed by atoms with van der Waals surface area (Å²) in [6.07, 6.45) is 1.01. The van der Waals surface area contributed by atoms with Crippen molar-refractivity contribution < 1.29 is 23.9 Å². The van der Waals surface area contributed by atoms with Crippen LogP contribution in [-0.4, -0.2) is 64.5 Å². The molecule has 41 heavy (non-hydrogen) atoms. The van der Waals surface area contributed by atoms with Gasteiger partial charge in [0.05, 0.1) is 11.3 Å². The van der Waals surface area contributed by atoms with E-state index < -0.39 is 40.2 Å². The van der Waals surface area contributed by atoms with Gasteiger partial charge in [0.1, 0.15) is 11.1 Å². The summed E-state index contributed by atoms with van der Waals surface area (Å²) in [5, 5.41) is 2.38. The Kier molecular flexibility index (Phi) is 7.42. The number of ketones is 2. The second-order valence-electron chi connectivity index (χ2n) is 12.1. The number of benzene rings is 2. The Bertz CT molecular complexity index is 1440. The molecule has 0 aromatic heterocycles. The highest BCUT2D eigenvalue weighted by molar-refractivity contribution is 8.01. The summed E-state index contributed by atoms with van der Waals surface area (Å²) in [6.45, 7) is 7.77. The largest absolute Gasteiger partial charge is 0.444 e. The zero-order chi connectivity index (χ0) is 29.9. The minimum absolute atomic E-state index is 0.149. The first kappa shape index (κ1) is 29.1. The predicted octanol–water partition coefficient (Wildman–Crippen LogP) is 2.66. The molecule has 0 radical (unpaired) electrons. The number of nitrogens with two attached hydrogens (primary N) is 3. The van der Waals surface area contributed by atoms with Crippen LogP contribution in [0.1, 0.15) is 73.5 Å². The van der Waals surface area contributed by atoms with Crippen molar-refractivity contribution in [1.82, 2.24) is 10.2 Å². The number of anilines is 1. The third kappa shape index (κ3) is 5.11. The second-order valence-corrected chi connectivity index (χ2v) is 13.3. The fourth-order valence-electron chi connectivity index (χ4n) is 6.07. The van der Waals surface area contributed by atoms with Crippen molar-refractivity contribution in [3.63, 3.8) is 0 Å². The van der Waals surface area contributed by atoms with E-state index in [4.69, 9.17) is 21.9 Å². The van der Waals surface area contributed by atoms with E-state index >= 15 is 0 Å². The normalized spacial score (nSPS) is 27.3. The Morgan fingerprint density at radius 2 is 1.90 bits per heavy atom. The molecule has 5 atom stereocenters. The quantitative estimate of drug-likeness (QED) is 0.314. The summed E-state index contributed by atoms with van der Waals surface area (Å²) in [5.41, 5.74) is 20.3. The van der Waals surface area contributed by atoms with E-state index in [1.54, 1.807) is 41.3 Å². The molecule has 0 bridgehead atoms. The summed E-state index contributed by atoms with van der Waals surface area (Å²) in [6, 6.07) is 8.77. The van der Waals surface area contributed by atoms with Crippen LogP contribution >= 0.6 is 11.8 Å². The van der Waals surface area contributed by atoms with Gasteiger partial charge in [-0.25, -0.2) is 4.79 Å². The van der Waals surface area contributed by atoms with Crippen LogP contribution in [0, 0.1) is 0 Å². The predicted molar refractivity (Wildman–Crippen MR) is 157 cm³/mol. The molecule has 2 aliphatic heterocycles. The number of carbonyl (C=O) groups excluding carboxylic acids is 4. The van der Waals surface area contributed by atoms with E-state index in [0.29, 0.717) is 52.3 Å². The second kappa shape index (κ2) is 10.5. The first-order chi connectivity index (χ1) is 19.2. The summed E-state index contributed by atoms with van der Waals surface area (Å²) >= 11 is 1.29. The van der Waals surface area contributed by atoms with Crippen molar-refractivity contribution in [3.05, 3.63) is 58.7 Å². The Balaban J connectivity index is 1.44. The van der Waals surface area contributed by atoms with Crippen LogP contribution in [0.25, 0.3) is 0 Å². The standard InChI is InChI=1S/C30H37N5O5S/c1-15(36)16-7-5-8-17(13-16)30(33)19-10-11-20(31)24-21(19)22(23(32)26(30)37)25(41-24)27(38)34-18-9-6-12-35(14-18)28(39)40-29(2,3)4/h5,7-8,10-11,13,18,22-23,25H,6,9,12,14,31-33H2,1-4H3,(H,34,38)/t18-,22?,23?,25?,30?/m1/s1. The van der Waals surface area contributed by atoms with Crippen LogP contribution in [0.5, 0.6) is 0 Å². The monoisotopic (exact) mass is 579 g/mol. The number of hydrogen-bond donors (Lipinski definition) is 4. The molecular formula is C30H37N5O5S. The van der Waals surface area contributed by atoms with E-state index in [1.807, 2.05) is 20.8 Å². The van der Waals surface area contributed by atoms with E-state index in [1.165, 1.54) is 18.7 Å². The molecule has 0 spiro atoms. The van der Waals surface area contributed by atoms with Crippen molar-refractivity contribution in [1.29, 1.82) is 0 Å². The maximum Gasteiger partial charge on any atom is 0.410 e. The lowest BCUT2D eigenvalue weighted by molar-refractivity contribution is -0.126. The number of rotatable bonds is 4. The van der Waals surface area contributed by atoms with Gasteiger partial charge in [-0.15, -0.1) is 11.8 Å². The minimum atomic E-state index is -1.61. The summed E-state index contributed by atoms with van der Waals surface area (Å²) < 4.78 is 5.51. The molecule has 3 aliphatic rings. The lowest BCUT2D eigenvalue weighted by Gasteiger charge is -2.41. The Morgan fingerprint density at radius 1 is 1.17 bits per heavy atom. The van der Waals surface area contributed by atoms with Gasteiger partial charge < -0.3 is 32.2 Å². The van der Waals surface area contributed by atoms with Gasteiger partial charge in [-0.05, 0) is 69.4 Å². The van der Waals surface area contributed by atoms with E-state index in [9.17, 15) is 19.2 Å². The molecule has 7 N–H and O–H groups in total. The summed E-state index contributed by atoms with van der Waals surface area (Å²) in [4.78, 5) is 54.8. The van der Waals surface area contributed by atoms with Crippen molar-refractivity contribution in [2.24, 2.45) is 11.5 Å². The lowest BCUT2D eigenvalue weighted by atomic mass is 9.65. The first-order valence-corrected chi connectivity index (χ1v) is 14.7. The van der Waals surface area contributed by atoms with Crippen molar-refractivity contribution in [2.75, 3.05) is 18.8 Å². The number of thioether (sulfide) groups is 1. The number of amides is 2. The molecule has 2 heterocycles. The highest BCUT2D eigenvalue weighted by Gasteiger charge is 2.56. The van der Waals surface area contributed by atoms with Crippen molar-refractivity contribution >= 4 is 41.0 Å². The Labute approximate surface area is 243 Å². The topological polar surface area (TPSA) is 171 Å². The summed E-state index contributed by atoms with van der Waals surface area (Å²) in [7, 11) is 0. The zero-order valence-electron chi connectivity index (χ0n) is 23.7. The maximum atomic E-state index is 14.0. The number of nitrogens with zero attached hydrogens (tertiary/aromatic N) is 1. The van der Waals surface area contributed by atoms with E-state index in [0.717, 1.165) is 6.42 Å². The van der Waals surface area contributed by atoms with Crippen LogP contribution in [0.3, 0.4) is 0 Å². The third-order valence-corrected chi connectivity index (χ3v) is 9.49. The number of nitrogen functional groups attached to an aromatic ring is 1. The minimum Gasteiger partial charge on any atom is -0.444 e. The van der Waals surface area contributed by atoms with Gasteiger partial charge in [0.15, 0.2) is 11.6 Å². The van der Waals surface area contributed by atoms with Crippen LogP contribution in [0.15, 0.2) is 41.3 Å². The Morgan fingerprint density at radius 3 is 2.59 bits per heavy atom. The summed E-state index contributed by atoms with van der Waals surface area (Å²) in [5.74, 6) is -1.49. The molecule has 4 unspecified atom stereocenters. The van der Waals surface area contributed by atoms with Crippen LogP contribution in [0.2, 0.25) is 0 Å². The molecule has 2 aromatic carbocycles. The molecule has 10 nitrogen and oxygen atoms in total. The smallest absolute Gasteiger partial charge is 0.410 e. The molecule has 2 amide bonds. The lowest BCUT2D eigenvalue weighted by Crippen LogP contribution is -2.61. The van der Waals surface area contributed by atoms with Crippen molar-refractivity contribution in [2.45, 2.75) is 79.8 Å². The maximum absolute atomic E-state index is 14.0. The van der Waals surface area contributed by atoms with Gasteiger partial charge in [-0.2, -0.15) is 0 Å². The fourth-order valence-corrected chi connectivity index (χ4v) is 7.53. The third-order valence-electron chi connectivity index (χ3n) is 8.04. The van der Waals surface area contributed by atoms with Gasteiger partial charge in [0, 0.05) is 41.2 Å². The average Bonchev–Trinajstić information content (AvgIpc) is 3.32. The average molecular weight is 580 g/mol. The van der Waals surface area contributed by atoms with Crippen LogP contribution in [-0.2, 0) is 19.9 Å². The number of carbonyl (C=O) groups is 4. The molecule has 218 valence electrons. The molecule has 1 aliphatic carbocycles. The number of hydrogen-bond acceptors (Lipinski definition) is 9. The SMILES string of the molecule is CC(=O)c1cccc(C2(N)C(=O)C(N)C3c4c2ccc(N)c4SC3C(=O)N[C@@H]2CCCN(C(=O)OC(C)(C)C)C2)c1. The van der Waals surface area contributed by atoms with Crippen LogP contribution in [0.4, 0.5) is 10.5 Å². The van der Waals surface area contributed by atoms with Gasteiger partial charge in [-0.3, -0.25) is 14.4 Å². The molecule has 0 saturated carbocycles. The zero-order valence-corrected chi connectivity index (χ0v) is 24.5. The number of Topliss-reactive ketones (excluding diaryl/α,β-unsaturated/α-hetero) is 2. The Hall–Kier alpha value is -3.41. The molecule has 1 fully saturated rings. The van der Waals surface area contributed by atoms with Crippen LogP contribution < -0.4 is 22.5 Å². The molecule has 5 rings (SSSR count). The van der Waals surface area contributed by atoms with E-state index in [-0.39, 0.29) is 17.7 Å². The van der Waals surface area contributed by atoms with Gasteiger partial charge >= 0.3 is 6.09 Å². The van der Waals surface area contributed by atoms with Gasteiger partial charge in [-0.1, -0.05) is 24.3 Å². The molecule has 11 heteroatoms. The fraction of sp³-hybridized carbons (Fsp3) is 0.467. The van der Waals surface area contributed by atoms with Gasteiger partial charge in [0.2, 0.25) is 5.91 Å². The first-order valence-electron chi connectivity index (χ1n) is 13.8. The highest BCUT2D eigenvalue weighted by Crippen LogP contribution is 2.56. The molecule has 1 saturated heterocycles. The number of nitrogens with one attached hydrogen (secondary N) is 1. The number of piperidine rings is 1. The molecule has 2 aromatic rings. The van der Waals surface area contributed by atoms with Gasteiger partial charge in [0.25, 0.3) is 0 Å². The number of ether oxygens (including phenoxy) is 1. The molecular weight excluding hydrogens is 542 g/mol.